The standard InChI is InChI=1S/C14H19N3O/c1-10(2)14-13(15)12(9-18)17(16(14)3)11-7-5-4-6-8-11/h4-10,12H,15H2,1-3H3. The van der Waals surface area contributed by atoms with Crippen LogP contribution >= 0.6 is 0 Å². The van der Waals surface area contributed by atoms with Crippen LogP contribution in [0, 0.1) is 5.92 Å². The van der Waals surface area contributed by atoms with Crippen LogP contribution in [0.15, 0.2) is 41.7 Å². The third-order valence-corrected chi connectivity index (χ3v) is 3.25. The zero-order valence-electron chi connectivity index (χ0n) is 11.0. The Morgan fingerprint density at radius 3 is 2.39 bits per heavy atom. The predicted octanol–water partition coefficient (Wildman–Crippen LogP) is 1.75. The second kappa shape index (κ2) is 4.72. The number of hydrogen-bond donors (Lipinski definition) is 1. The number of rotatable bonds is 3. The van der Waals surface area contributed by atoms with E-state index in [4.69, 9.17) is 5.73 Å². The van der Waals surface area contributed by atoms with Gasteiger partial charge in [-0.3, -0.25) is 10.0 Å². The van der Waals surface area contributed by atoms with Gasteiger partial charge in [-0.25, -0.2) is 0 Å². The van der Waals surface area contributed by atoms with Gasteiger partial charge in [-0.2, -0.15) is 0 Å². The summed E-state index contributed by atoms with van der Waals surface area (Å²) in [5.74, 6) is 0.283. The highest BCUT2D eigenvalue weighted by Crippen LogP contribution is 2.33. The molecule has 96 valence electrons. The monoisotopic (exact) mass is 245 g/mol. The van der Waals surface area contributed by atoms with E-state index in [1.807, 2.05) is 47.4 Å². The summed E-state index contributed by atoms with van der Waals surface area (Å²) in [7, 11) is 1.94. The predicted molar refractivity (Wildman–Crippen MR) is 72.6 cm³/mol. The summed E-state index contributed by atoms with van der Waals surface area (Å²) in [6.45, 7) is 4.16. The Balaban J connectivity index is 2.43. The number of carbonyl (C=O) groups is 1. The second-order valence-corrected chi connectivity index (χ2v) is 4.78. The third kappa shape index (κ3) is 1.83. The van der Waals surface area contributed by atoms with Gasteiger partial charge >= 0.3 is 0 Å². The van der Waals surface area contributed by atoms with E-state index < -0.39 is 6.04 Å². The Morgan fingerprint density at radius 1 is 1.28 bits per heavy atom. The van der Waals surface area contributed by atoms with E-state index in [0.717, 1.165) is 17.7 Å². The summed E-state index contributed by atoms with van der Waals surface area (Å²) in [6.07, 6.45) is 0.897. The van der Waals surface area contributed by atoms with Crippen molar-refractivity contribution in [1.29, 1.82) is 0 Å². The van der Waals surface area contributed by atoms with Gasteiger partial charge in [0.05, 0.1) is 17.1 Å². The molecule has 18 heavy (non-hydrogen) atoms. The molecule has 0 saturated heterocycles. The lowest BCUT2D eigenvalue weighted by atomic mass is 10.1. The molecule has 1 heterocycles. The minimum atomic E-state index is -0.408. The van der Waals surface area contributed by atoms with Crippen LogP contribution in [0.2, 0.25) is 0 Å². The average molecular weight is 245 g/mol. The van der Waals surface area contributed by atoms with Crippen molar-refractivity contribution in [3.05, 3.63) is 41.7 Å². The molecule has 0 fully saturated rings. The molecule has 0 bridgehead atoms. The first-order valence-corrected chi connectivity index (χ1v) is 6.10. The fraction of sp³-hybridized carbons (Fsp3) is 0.357. The first kappa shape index (κ1) is 12.5. The maximum Gasteiger partial charge on any atom is 0.150 e. The maximum atomic E-state index is 11.3. The van der Waals surface area contributed by atoms with Gasteiger partial charge in [0, 0.05) is 7.05 Å². The Bertz CT molecular complexity index is 467. The second-order valence-electron chi connectivity index (χ2n) is 4.78. The van der Waals surface area contributed by atoms with Crippen LogP contribution in [0.4, 0.5) is 5.69 Å². The maximum absolute atomic E-state index is 11.3. The lowest BCUT2D eigenvalue weighted by Gasteiger charge is -2.33. The van der Waals surface area contributed by atoms with E-state index >= 15 is 0 Å². The van der Waals surface area contributed by atoms with Crippen molar-refractivity contribution in [2.45, 2.75) is 19.9 Å². The minimum Gasteiger partial charge on any atom is -0.398 e. The van der Waals surface area contributed by atoms with Crippen LogP contribution in [-0.2, 0) is 4.79 Å². The normalized spacial score (nSPS) is 19.9. The van der Waals surface area contributed by atoms with E-state index in [1.54, 1.807) is 0 Å². The molecule has 1 aromatic rings. The molecule has 4 nitrogen and oxygen atoms in total. The first-order chi connectivity index (χ1) is 8.57. The summed E-state index contributed by atoms with van der Waals surface area (Å²) in [4.78, 5) is 11.3. The van der Waals surface area contributed by atoms with Gasteiger partial charge in [-0.05, 0) is 18.1 Å². The van der Waals surface area contributed by atoms with Gasteiger partial charge < -0.3 is 10.5 Å². The van der Waals surface area contributed by atoms with Crippen molar-refractivity contribution in [1.82, 2.24) is 5.01 Å². The summed E-state index contributed by atoms with van der Waals surface area (Å²) in [5.41, 5.74) is 8.74. The molecule has 2 rings (SSSR count). The number of carbonyl (C=O) groups excluding carboxylic acids is 1. The number of hydrazine groups is 1. The first-order valence-electron chi connectivity index (χ1n) is 6.10. The molecule has 1 unspecified atom stereocenters. The zero-order chi connectivity index (χ0) is 13.3. The van der Waals surface area contributed by atoms with E-state index in [-0.39, 0.29) is 5.92 Å². The number of para-hydroxylation sites is 1. The van der Waals surface area contributed by atoms with Crippen molar-refractivity contribution in [3.63, 3.8) is 0 Å². The number of nitrogens with zero attached hydrogens (tertiary/aromatic N) is 2. The van der Waals surface area contributed by atoms with Crippen molar-refractivity contribution < 1.29 is 4.79 Å². The molecule has 1 aliphatic rings. The van der Waals surface area contributed by atoms with Gasteiger partial charge in [0.2, 0.25) is 0 Å². The highest BCUT2D eigenvalue weighted by molar-refractivity contribution is 5.73. The van der Waals surface area contributed by atoms with E-state index in [9.17, 15) is 4.79 Å². The molecule has 0 aliphatic carbocycles. The molecular weight excluding hydrogens is 226 g/mol. The number of aldehydes is 1. The molecule has 0 radical (unpaired) electrons. The van der Waals surface area contributed by atoms with Crippen LogP contribution in [0.3, 0.4) is 0 Å². The number of benzene rings is 1. The fourth-order valence-corrected chi connectivity index (χ4v) is 2.53. The minimum absolute atomic E-state index is 0.283. The molecule has 0 spiro atoms. The molecule has 1 atom stereocenters. The summed E-state index contributed by atoms with van der Waals surface area (Å²) in [6, 6.07) is 9.40. The van der Waals surface area contributed by atoms with Crippen LogP contribution in [0.25, 0.3) is 0 Å². The smallest absolute Gasteiger partial charge is 0.150 e. The summed E-state index contributed by atoms with van der Waals surface area (Å²) < 4.78 is 0. The third-order valence-electron chi connectivity index (χ3n) is 3.25. The molecular formula is C14H19N3O. The topological polar surface area (TPSA) is 49.6 Å². The van der Waals surface area contributed by atoms with Gasteiger partial charge in [0.1, 0.15) is 6.04 Å². The fourth-order valence-electron chi connectivity index (χ4n) is 2.53. The Labute approximate surface area is 108 Å². The summed E-state index contributed by atoms with van der Waals surface area (Å²) >= 11 is 0. The van der Waals surface area contributed by atoms with Crippen molar-refractivity contribution in [2.24, 2.45) is 11.7 Å². The zero-order valence-corrected chi connectivity index (χ0v) is 11.0. The van der Waals surface area contributed by atoms with Crippen LogP contribution in [0.1, 0.15) is 13.8 Å². The molecule has 0 aromatic heterocycles. The molecule has 0 amide bonds. The van der Waals surface area contributed by atoms with Crippen molar-refractivity contribution in [2.75, 3.05) is 12.1 Å². The van der Waals surface area contributed by atoms with Gasteiger partial charge in [-0.1, -0.05) is 32.0 Å². The Hall–Kier alpha value is -1.97. The average Bonchev–Trinajstić information content (AvgIpc) is 2.61. The molecule has 4 heteroatoms. The van der Waals surface area contributed by atoms with E-state index in [2.05, 4.69) is 13.8 Å². The van der Waals surface area contributed by atoms with Crippen LogP contribution in [0.5, 0.6) is 0 Å². The van der Waals surface area contributed by atoms with E-state index in [1.165, 1.54) is 0 Å². The number of allylic oxidation sites excluding steroid dienone is 1. The molecule has 1 aromatic carbocycles. The lowest BCUT2D eigenvalue weighted by molar-refractivity contribution is -0.108. The van der Waals surface area contributed by atoms with Gasteiger partial charge in [-0.15, -0.1) is 0 Å². The highest BCUT2D eigenvalue weighted by Gasteiger charge is 2.36. The van der Waals surface area contributed by atoms with Crippen molar-refractivity contribution in [3.8, 4) is 0 Å². The number of anilines is 1. The summed E-state index contributed by atoms with van der Waals surface area (Å²) in [5, 5.41) is 3.91. The van der Waals surface area contributed by atoms with Gasteiger partial charge in [0.15, 0.2) is 6.29 Å². The molecule has 0 saturated carbocycles. The number of nitrogens with two attached hydrogens (primary N) is 1. The Morgan fingerprint density at radius 2 is 1.89 bits per heavy atom. The van der Waals surface area contributed by atoms with Crippen LogP contribution in [-0.4, -0.2) is 24.4 Å². The molecule has 2 N–H and O–H groups in total. The van der Waals surface area contributed by atoms with Gasteiger partial charge in [0.25, 0.3) is 0 Å². The highest BCUT2D eigenvalue weighted by atomic mass is 16.1. The largest absolute Gasteiger partial charge is 0.398 e. The Kier molecular flexibility index (Phi) is 3.28. The van der Waals surface area contributed by atoms with E-state index in [0.29, 0.717) is 5.70 Å². The SMILES string of the molecule is CC(C)C1=C(N)C(C=O)N(c2ccccc2)N1C. The van der Waals surface area contributed by atoms with Crippen LogP contribution < -0.4 is 10.7 Å². The van der Waals surface area contributed by atoms with Crippen molar-refractivity contribution >= 4 is 12.0 Å². The quantitative estimate of drug-likeness (QED) is 0.824. The lowest BCUT2D eigenvalue weighted by Crippen LogP contribution is -2.42. The molecule has 1 aliphatic heterocycles. The number of hydrogen-bond acceptors (Lipinski definition) is 4.